The van der Waals surface area contributed by atoms with E-state index in [4.69, 9.17) is 4.99 Å². The number of aliphatic hydroxyl groups is 1. The van der Waals surface area contributed by atoms with Crippen molar-refractivity contribution in [2.45, 2.75) is 98.5 Å². The number of aliphatic hydroxyl groups excluding tert-OH is 1. The molecule has 0 saturated carbocycles. The Labute approximate surface area is 380 Å². The highest BCUT2D eigenvalue weighted by atomic mass is 32.1. The second kappa shape index (κ2) is 17.7. The van der Waals surface area contributed by atoms with E-state index in [-0.39, 0.29) is 31.3 Å². The lowest BCUT2D eigenvalue weighted by molar-refractivity contribution is -0.142. The van der Waals surface area contributed by atoms with Crippen molar-refractivity contribution in [3.05, 3.63) is 128 Å². The van der Waals surface area contributed by atoms with Crippen LogP contribution in [-0.2, 0) is 9.59 Å². The third-order valence-corrected chi connectivity index (χ3v) is 14.4. The van der Waals surface area contributed by atoms with Gasteiger partial charge >= 0.3 is 0 Å². The summed E-state index contributed by atoms with van der Waals surface area (Å²) in [4.78, 5) is 55.1. The zero-order valence-corrected chi connectivity index (χ0v) is 38.8. The van der Waals surface area contributed by atoms with E-state index < -0.39 is 41.5 Å². The molecule has 328 valence electrons. The summed E-state index contributed by atoms with van der Waals surface area (Å²) in [5.41, 5.74) is 10.1. The second-order valence-corrected chi connectivity index (χ2v) is 19.8. The van der Waals surface area contributed by atoms with E-state index in [2.05, 4.69) is 45.7 Å². The number of nitriles is 1. The Kier molecular flexibility index (Phi) is 12.2. The van der Waals surface area contributed by atoms with Crippen molar-refractivity contribution in [1.82, 2.24) is 35.3 Å². The average Bonchev–Trinajstić information content (AvgIpc) is 4.04. The Morgan fingerprint density at radius 3 is 2.17 bits per heavy atom. The number of hydrogen-bond donors (Lipinski definition) is 3. The lowest BCUT2D eigenvalue weighted by Gasteiger charge is -2.35. The molecule has 6 aromatic rings. The molecule has 2 aliphatic heterocycles. The van der Waals surface area contributed by atoms with Gasteiger partial charge in [-0.1, -0.05) is 81.4 Å². The van der Waals surface area contributed by atoms with Gasteiger partial charge in [-0.25, -0.2) is 4.98 Å². The first-order valence-electron chi connectivity index (χ1n) is 21.3. The minimum atomic E-state index is -0.983. The molecule has 13 nitrogen and oxygen atoms in total. The summed E-state index contributed by atoms with van der Waals surface area (Å²) in [7, 11) is 0. The van der Waals surface area contributed by atoms with Crippen LogP contribution in [0.5, 0.6) is 0 Å². The van der Waals surface area contributed by atoms with Crippen molar-refractivity contribution in [2.24, 2.45) is 10.4 Å². The SMILES string of the molecule is Cc1ncsc1-c1ccc([C@H](C)NC(=O)[C@@H]2C[C@@H](O)CN2C(=O)C(NC(=O)c2ccc(-c3ccc(C4=N[C@@H](CC#N)c5nnc(C)n5-c5sc(C)c(C)c54)cc3)cc2)C(C)(C)C)cc1. The number of rotatable bonds is 10. The van der Waals surface area contributed by atoms with Crippen LogP contribution in [0.4, 0.5) is 0 Å². The Hall–Kier alpha value is -6.34. The highest BCUT2D eigenvalue weighted by Crippen LogP contribution is 2.40. The lowest BCUT2D eigenvalue weighted by Crippen LogP contribution is -2.57. The van der Waals surface area contributed by atoms with Crippen molar-refractivity contribution < 1.29 is 19.5 Å². The quantitative estimate of drug-likeness (QED) is 0.123. The third-order valence-electron chi connectivity index (χ3n) is 12.2. The van der Waals surface area contributed by atoms with E-state index in [1.165, 1.54) is 9.78 Å². The normalized spacial score (nSPS) is 18.0. The van der Waals surface area contributed by atoms with Crippen LogP contribution in [0.2, 0.25) is 0 Å². The first-order valence-corrected chi connectivity index (χ1v) is 23.0. The average molecular weight is 894 g/mol. The molecule has 2 aliphatic rings. The highest BCUT2D eigenvalue weighted by molar-refractivity contribution is 7.15. The van der Waals surface area contributed by atoms with Crippen LogP contribution in [-0.4, -0.2) is 77.9 Å². The molecule has 0 radical (unpaired) electrons. The number of carbonyl (C=O) groups is 3. The molecule has 0 bridgehead atoms. The molecule has 1 saturated heterocycles. The molecule has 1 fully saturated rings. The summed E-state index contributed by atoms with van der Waals surface area (Å²) in [6, 6.07) is 22.8. The number of carbonyl (C=O) groups excluding carboxylic acids is 3. The number of likely N-dealkylation sites (tertiary alicyclic amines) is 1. The molecule has 0 aliphatic carbocycles. The number of thiazole rings is 1. The predicted octanol–water partition coefficient (Wildman–Crippen LogP) is 8.14. The monoisotopic (exact) mass is 893 g/mol. The maximum absolute atomic E-state index is 14.3. The number of aryl methyl sites for hydroxylation is 3. The van der Waals surface area contributed by atoms with Gasteiger partial charge in [0.05, 0.1) is 46.4 Å². The smallest absolute Gasteiger partial charge is 0.251 e. The van der Waals surface area contributed by atoms with Crippen LogP contribution in [0.15, 0.2) is 83.3 Å². The molecule has 5 atom stereocenters. The van der Waals surface area contributed by atoms with Crippen LogP contribution < -0.4 is 10.6 Å². The first-order chi connectivity index (χ1) is 30.5. The van der Waals surface area contributed by atoms with Crippen LogP contribution in [0.25, 0.3) is 26.6 Å². The molecule has 3 aromatic carbocycles. The summed E-state index contributed by atoms with van der Waals surface area (Å²) in [5.74, 6) is 0.178. The summed E-state index contributed by atoms with van der Waals surface area (Å²) in [5, 5.41) is 36.2. The van der Waals surface area contributed by atoms with Crippen molar-refractivity contribution in [3.8, 4) is 32.6 Å². The van der Waals surface area contributed by atoms with Crippen LogP contribution in [0.3, 0.4) is 0 Å². The van der Waals surface area contributed by atoms with Crippen LogP contribution in [0, 0.1) is 44.4 Å². The van der Waals surface area contributed by atoms with Crippen molar-refractivity contribution >= 4 is 46.1 Å². The van der Waals surface area contributed by atoms with Gasteiger partial charge in [-0.3, -0.25) is 23.9 Å². The van der Waals surface area contributed by atoms with Gasteiger partial charge in [-0.05, 0) is 80.0 Å². The zero-order valence-electron chi connectivity index (χ0n) is 37.1. The van der Waals surface area contributed by atoms with Gasteiger partial charge in [-0.15, -0.1) is 32.9 Å². The molecule has 1 unspecified atom stereocenters. The summed E-state index contributed by atoms with van der Waals surface area (Å²) in [6.45, 7) is 15.5. The molecule has 15 heteroatoms. The van der Waals surface area contributed by atoms with Gasteiger partial charge in [0.15, 0.2) is 5.82 Å². The predicted molar refractivity (Wildman–Crippen MR) is 250 cm³/mol. The third kappa shape index (κ3) is 8.53. The minimum Gasteiger partial charge on any atom is -0.391 e. The number of nitrogens with zero attached hydrogens (tertiary/aromatic N) is 7. The minimum absolute atomic E-state index is 0.0200. The first kappa shape index (κ1) is 44.3. The lowest BCUT2D eigenvalue weighted by atomic mass is 9.85. The number of β-amino-alcohol motifs (C(OH)–C–C–N with tert-alkyl or cyclic N) is 1. The number of thiophene rings is 1. The van der Waals surface area contributed by atoms with Crippen LogP contribution >= 0.6 is 22.7 Å². The standard InChI is InChI=1S/C49H51N9O4S2/c1-26-29(4)64-48-40(26)41(53-38(21-22-50)44-56-55-30(5)58(44)48)34-15-11-32(12-16-34)33-13-19-36(20-14-33)45(60)54-43(49(6,7)8)47(62)57-24-37(59)23-39(57)46(61)52-27(2)31-9-17-35(18-10-31)42-28(3)51-25-63-42/h9-20,25,27,37-39,43,59H,21,23-24H2,1-8H3,(H,52,61)(H,54,60)/t27-,37+,38-,39-,43?/m0/s1. The Morgan fingerprint density at radius 1 is 0.906 bits per heavy atom. The number of aliphatic imine (C=N–C) groups is 1. The largest absolute Gasteiger partial charge is 0.391 e. The number of amides is 3. The Morgan fingerprint density at radius 2 is 1.55 bits per heavy atom. The van der Waals surface area contributed by atoms with Gasteiger partial charge in [0.2, 0.25) is 11.8 Å². The number of hydrogen-bond acceptors (Lipinski definition) is 11. The summed E-state index contributed by atoms with van der Waals surface area (Å²) in [6.07, 6.45) is -0.626. The van der Waals surface area contributed by atoms with E-state index in [1.807, 2.05) is 112 Å². The van der Waals surface area contributed by atoms with Gasteiger partial charge < -0.3 is 20.6 Å². The Balaban J connectivity index is 0.958. The van der Waals surface area contributed by atoms with E-state index in [0.717, 1.165) is 66.1 Å². The van der Waals surface area contributed by atoms with Crippen molar-refractivity contribution in [3.63, 3.8) is 0 Å². The molecular formula is C49H51N9O4S2. The van der Waals surface area contributed by atoms with Gasteiger partial charge in [0.25, 0.3) is 5.91 Å². The van der Waals surface area contributed by atoms with E-state index >= 15 is 0 Å². The van der Waals surface area contributed by atoms with Gasteiger partial charge in [0.1, 0.15) is 29.0 Å². The Bertz CT molecular complexity index is 2810. The van der Waals surface area contributed by atoms with Crippen LogP contribution in [0.1, 0.15) is 107 Å². The fraction of sp³-hybridized carbons (Fsp3) is 0.347. The topological polar surface area (TPSA) is 178 Å². The van der Waals surface area contributed by atoms with E-state index in [0.29, 0.717) is 11.4 Å². The van der Waals surface area contributed by atoms with Crippen molar-refractivity contribution in [2.75, 3.05) is 6.54 Å². The molecule has 0 spiro atoms. The highest BCUT2D eigenvalue weighted by Gasteiger charge is 2.45. The second-order valence-electron chi connectivity index (χ2n) is 17.7. The maximum Gasteiger partial charge on any atom is 0.251 e. The molecule has 5 heterocycles. The fourth-order valence-electron chi connectivity index (χ4n) is 8.48. The molecular weight excluding hydrogens is 843 g/mol. The number of nitrogens with one attached hydrogen (secondary N) is 2. The fourth-order valence-corrected chi connectivity index (χ4v) is 10.5. The van der Waals surface area contributed by atoms with Gasteiger partial charge in [-0.2, -0.15) is 5.26 Å². The van der Waals surface area contributed by atoms with E-state index in [9.17, 15) is 24.8 Å². The number of aromatic nitrogens is 4. The molecule has 8 rings (SSSR count). The summed E-state index contributed by atoms with van der Waals surface area (Å²) < 4.78 is 2.03. The maximum atomic E-state index is 14.3. The molecule has 3 amide bonds. The summed E-state index contributed by atoms with van der Waals surface area (Å²) >= 11 is 3.24. The van der Waals surface area contributed by atoms with E-state index in [1.54, 1.807) is 34.8 Å². The molecule has 3 N–H and O–H groups in total. The van der Waals surface area contributed by atoms with Gasteiger partial charge in [0, 0.05) is 34.5 Å². The van der Waals surface area contributed by atoms with Crippen molar-refractivity contribution in [1.29, 1.82) is 5.26 Å². The molecule has 64 heavy (non-hydrogen) atoms. The number of benzene rings is 3. The zero-order chi connectivity index (χ0) is 45.6. The number of fused-ring (bicyclic) bond motifs is 3. The molecule has 3 aromatic heterocycles.